The molecule has 24 heavy (non-hydrogen) atoms. The van der Waals surface area contributed by atoms with Gasteiger partial charge >= 0.3 is 0 Å². The SMILES string of the molecule is CC(C)c1nncn1-c1cc(Br)cc(C(=O)NC(C)(C)C2CC2)c1. The van der Waals surface area contributed by atoms with Crippen molar-refractivity contribution < 1.29 is 4.79 Å². The molecule has 1 saturated carbocycles. The Morgan fingerprint density at radius 2 is 2.04 bits per heavy atom. The summed E-state index contributed by atoms with van der Waals surface area (Å²) in [5, 5.41) is 11.4. The summed E-state index contributed by atoms with van der Waals surface area (Å²) in [6, 6.07) is 5.71. The van der Waals surface area contributed by atoms with Crippen molar-refractivity contribution in [2.45, 2.75) is 52.0 Å². The average molecular weight is 391 g/mol. The number of amides is 1. The molecule has 2 aromatic rings. The van der Waals surface area contributed by atoms with Gasteiger partial charge in [0.1, 0.15) is 12.2 Å². The number of hydrogen-bond donors (Lipinski definition) is 1. The van der Waals surface area contributed by atoms with Crippen LogP contribution in [-0.2, 0) is 0 Å². The van der Waals surface area contributed by atoms with Crippen molar-refractivity contribution in [3.63, 3.8) is 0 Å². The van der Waals surface area contributed by atoms with Crippen molar-refractivity contribution in [1.29, 1.82) is 0 Å². The van der Waals surface area contributed by atoms with Gasteiger partial charge in [0.25, 0.3) is 5.91 Å². The fraction of sp³-hybridized carbons (Fsp3) is 0.500. The molecule has 1 aliphatic carbocycles. The largest absolute Gasteiger partial charge is 0.347 e. The normalized spacial score (nSPS) is 14.9. The number of benzene rings is 1. The van der Waals surface area contributed by atoms with E-state index in [0.29, 0.717) is 11.5 Å². The van der Waals surface area contributed by atoms with Crippen LogP contribution in [0.15, 0.2) is 29.0 Å². The summed E-state index contributed by atoms with van der Waals surface area (Å²) < 4.78 is 2.79. The highest BCUT2D eigenvalue weighted by molar-refractivity contribution is 9.10. The second kappa shape index (κ2) is 6.31. The zero-order valence-corrected chi connectivity index (χ0v) is 16.1. The minimum atomic E-state index is -0.167. The summed E-state index contributed by atoms with van der Waals surface area (Å²) in [5.41, 5.74) is 1.35. The predicted molar refractivity (Wildman–Crippen MR) is 97.4 cm³/mol. The van der Waals surface area contributed by atoms with Crippen LogP contribution in [0.4, 0.5) is 0 Å². The monoisotopic (exact) mass is 390 g/mol. The smallest absolute Gasteiger partial charge is 0.251 e. The Labute approximate surface area is 151 Å². The molecule has 0 atom stereocenters. The molecule has 0 aliphatic heterocycles. The van der Waals surface area contributed by atoms with Gasteiger partial charge < -0.3 is 5.32 Å². The summed E-state index contributed by atoms with van der Waals surface area (Å²) >= 11 is 3.52. The molecule has 0 spiro atoms. The number of carbonyl (C=O) groups is 1. The molecule has 0 bridgehead atoms. The van der Waals surface area contributed by atoms with Gasteiger partial charge in [0.2, 0.25) is 0 Å². The van der Waals surface area contributed by atoms with E-state index in [1.54, 1.807) is 6.33 Å². The van der Waals surface area contributed by atoms with Crippen LogP contribution in [0.5, 0.6) is 0 Å². The lowest BCUT2D eigenvalue weighted by molar-refractivity contribution is 0.0903. The molecule has 1 amide bonds. The average Bonchev–Trinajstić information content (AvgIpc) is 3.24. The Hall–Kier alpha value is -1.69. The molecule has 1 fully saturated rings. The lowest BCUT2D eigenvalue weighted by Crippen LogP contribution is -2.45. The van der Waals surface area contributed by atoms with Crippen LogP contribution in [0.3, 0.4) is 0 Å². The predicted octanol–water partition coefficient (Wildman–Crippen LogP) is 4.07. The highest BCUT2D eigenvalue weighted by Crippen LogP contribution is 2.39. The Balaban J connectivity index is 1.91. The van der Waals surface area contributed by atoms with Crippen LogP contribution in [0, 0.1) is 5.92 Å². The number of hydrogen-bond acceptors (Lipinski definition) is 3. The molecule has 1 aromatic heterocycles. The van der Waals surface area contributed by atoms with Crippen LogP contribution in [0.25, 0.3) is 5.69 Å². The van der Waals surface area contributed by atoms with Gasteiger partial charge in [-0.3, -0.25) is 9.36 Å². The number of aromatic nitrogens is 3. The van der Waals surface area contributed by atoms with Crippen molar-refractivity contribution in [3.05, 3.63) is 40.4 Å². The molecule has 0 radical (unpaired) electrons. The van der Waals surface area contributed by atoms with Crippen molar-refractivity contribution in [2.75, 3.05) is 0 Å². The number of rotatable bonds is 5. The molecular weight excluding hydrogens is 368 g/mol. The standard InChI is InChI=1S/C18H23BrN4O/c1-11(2)16-22-20-10-23(16)15-8-12(7-14(19)9-15)17(24)21-18(3,4)13-5-6-13/h7-11,13H,5-6H2,1-4H3,(H,21,24). The van der Waals surface area contributed by atoms with E-state index in [4.69, 9.17) is 0 Å². The first kappa shape index (κ1) is 17.1. The molecule has 128 valence electrons. The molecule has 0 unspecified atom stereocenters. The highest BCUT2D eigenvalue weighted by Gasteiger charge is 2.38. The molecule has 1 aliphatic rings. The van der Waals surface area contributed by atoms with Gasteiger partial charge in [-0.2, -0.15) is 0 Å². The van der Waals surface area contributed by atoms with E-state index in [1.807, 2.05) is 22.8 Å². The van der Waals surface area contributed by atoms with Gasteiger partial charge in [0.15, 0.2) is 0 Å². The second-order valence-electron chi connectivity index (χ2n) is 7.36. The van der Waals surface area contributed by atoms with E-state index in [0.717, 1.165) is 16.0 Å². The Kier molecular flexibility index (Phi) is 4.51. The summed E-state index contributed by atoms with van der Waals surface area (Å²) in [5.74, 6) is 1.66. The van der Waals surface area contributed by atoms with E-state index in [9.17, 15) is 4.79 Å². The van der Waals surface area contributed by atoms with Gasteiger partial charge in [-0.25, -0.2) is 0 Å². The van der Waals surface area contributed by atoms with E-state index in [-0.39, 0.29) is 17.4 Å². The zero-order chi connectivity index (χ0) is 17.5. The first-order valence-electron chi connectivity index (χ1n) is 8.31. The van der Waals surface area contributed by atoms with Crippen LogP contribution >= 0.6 is 15.9 Å². The molecule has 6 heteroatoms. The van der Waals surface area contributed by atoms with E-state index in [1.165, 1.54) is 12.8 Å². The van der Waals surface area contributed by atoms with Crippen LogP contribution in [0.2, 0.25) is 0 Å². The third-order valence-corrected chi connectivity index (χ3v) is 5.00. The molecule has 1 heterocycles. The van der Waals surface area contributed by atoms with Crippen LogP contribution < -0.4 is 5.32 Å². The minimum absolute atomic E-state index is 0.0476. The topological polar surface area (TPSA) is 59.8 Å². The number of nitrogens with zero attached hydrogens (tertiary/aromatic N) is 3. The molecule has 1 aromatic carbocycles. The van der Waals surface area contributed by atoms with Gasteiger partial charge in [-0.05, 0) is 50.8 Å². The Bertz CT molecular complexity index is 762. The summed E-state index contributed by atoms with van der Waals surface area (Å²) in [6.07, 6.45) is 4.07. The van der Waals surface area contributed by atoms with Gasteiger partial charge in [-0.15, -0.1) is 10.2 Å². The van der Waals surface area contributed by atoms with E-state index in [2.05, 4.69) is 59.1 Å². The van der Waals surface area contributed by atoms with Crippen LogP contribution in [-0.4, -0.2) is 26.2 Å². The maximum absolute atomic E-state index is 12.7. The summed E-state index contributed by atoms with van der Waals surface area (Å²) in [6.45, 7) is 8.34. The number of halogens is 1. The third kappa shape index (κ3) is 3.53. The molecule has 0 saturated heterocycles. The first-order valence-corrected chi connectivity index (χ1v) is 9.10. The summed E-state index contributed by atoms with van der Waals surface area (Å²) in [4.78, 5) is 12.7. The van der Waals surface area contributed by atoms with Gasteiger partial charge in [0.05, 0.1) is 5.69 Å². The van der Waals surface area contributed by atoms with Crippen molar-refractivity contribution >= 4 is 21.8 Å². The Morgan fingerprint density at radius 3 is 2.67 bits per heavy atom. The molecular formula is C18H23BrN4O. The van der Waals surface area contributed by atoms with Crippen LogP contribution in [0.1, 0.15) is 62.6 Å². The fourth-order valence-corrected chi connectivity index (χ4v) is 3.43. The minimum Gasteiger partial charge on any atom is -0.347 e. The fourth-order valence-electron chi connectivity index (χ4n) is 2.95. The third-order valence-electron chi connectivity index (χ3n) is 4.55. The van der Waals surface area contributed by atoms with E-state index >= 15 is 0 Å². The molecule has 1 N–H and O–H groups in total. The summed E-state index contributed by atoms with van der Waals surface area (Å²) in [7, 11) is 0. The molecule has 5 nitrogen and oxygen atoms in total. The highest BCUT2D eigenvalue weighted by atomic mass is 79.9. The lowest BCUT2D eigenvalue weighted by Gasteiger charge is -2.26. The van der Waals surface area contributed by atoms with Gasteiger partial charge in [-0.1, -0.05) is 29.8 Å². The van der Waals surface area contributed by atoms with Crippen molar-refractivity contribution in [1.82, 2.24) is 20.1 Å². The van der Waals surface area contributed by atoms with Gasteiger partial charge in [0, 0.05) is 21.5 Å². The molecule has 3 rings (SSSR count). The quantitative estimate of drug-likeness (QED) is 0.836. The second-order valence-corrected chi connectivity index (χ2v) is 8.28. The number of carbonyl (C=O) groups excluding carboxylic acids is 1. The van der Waals surface area contributed by atoms with Crippen molar-refractivity contribution in [3.8, 4) is 5.69 Å². The maximum atomic E-state index is 12.7. The van der Waals surface area contributed by atoms with Crippen molar-refractivity contribution in [2.24, 2.45) is 5.92 Å². The zero-order valence-electron chi connectivity index (χ0n) is 14.5. The number of nitrogens with one attached hydrogen (secondary N) is 1. The van der Waals surface area contributed by atoms with E-state index < -0.39 is 0 Å². The maximum Gasteiger partial charge on any atom is 0.251 e. The lowest BCUT2D eigenvalue weighted by atomic mass is 9.98. The Morgan fingerprint density at radius 1 is 1.33 bits per heavy atom. The first-order chi connectivity index (χ1) is 11.3.